The number of nitrogens with zero attached hydrogens (tertiary/aromatic N) is 1. The van der Waals surface area contributed by atoms with Crippen molar-refractivity contribution in [2.24, 2.45) is 0 Å². The molecule has 1 rings (SSSR count). The number of halogens is 2. The Kier molecular flexibility index (Phi) is 5.97. The molecule has 18 heavy (non-hydrogen) atoms. The molecule has 1 amide bonds. The second-order valence-corrected chi connectivity index (χ2v) is 5.33. The SMILES string of the molecule is Cc1c(Cl)cccc1C(=O)N(CCCCl)C(C)C. The van der Waals surface area contributed by atoms with Gasteiger partial charge in [0, 0.05) is 29.1 Å². The topological polar surface area (TPSA) is 20.3 Å². The summed E-state index contributed by atoms with van der Waals surface area (Å²) in [7, 11) is 0. The Labute approximate surface area is 119 Å². The number of carbonyl (C=O) groups is 1. The van der Waals surface area contributed by atoms with E-state index in [4.69, 9.17) is 23.2 Å². The second-order valence-electron chi connectivity index (χ2n) is 4.55. The molecule has 1 aromatic carbocycles. The monoisotopic (exact) mass is 287 g/mol. The maximum absolute atomic E-state index is 12.5. The molecule has 0 heterocycles. The zero-order chi connectivity index (χ0) is 13.7. The molecular formula is C14H19Cl2NO. The summed E-state index contributed by atoms with van der Waals surface area (Å²) in [6, 6.07) is 5.58. The summed E-state index contributed by atoms with van der Waals surface area (Å²) >= 11 is 11.8. The van der Waals surface area contributed by atoms with Gasteiger partial charge in [-0.1, -0.05) is 17.7 Å². The van der Waals surface area contributed by atoms with E-state index in [0.29, 0.717) is 23.0 Å². The lowest BCUT2D eigenvalue weighted by Gasteiger charge is -2.27. The molecule has 4 heteroatoms. The maximum Gasteiger partial charge on any atom is 0.254 e. The first kappa shape index (κ1) is 15.3. The van der Waals surface area contributed by atoms with E-state index in [2.05, 4.69) is 0 Å². The summed E-state index contributed by atoms with van der Waals surface area (Å²) in [6.45, 7) is 6.56. The molecule has 0 saturated carbocycles. The van der Waals surface area contributed by atoms with Crippen LogP contribution in [0.15, 0.2) is 18.2 Å². The molecular weight excluding hydrogens is 269 g/mol. The van der Waals surface area contributed by atoms with Gasteiger partial charge in [-0.05, 0) is 44.9 Å². The van der Waals surface area contributed by atoms with Crippen LogP contribution >= 0.6 is 23.2 Å². The largest absolute Gasteiger partial charge is 0.336 e. The maximum atomic E-state index is 12.5. The summed E-state index contributed by atoms with van der Waals surface area (Å²) < 4.78 is 0. The van der Waals surface area contributed by atoms with Crippen molar-refractivity contribution in [3.63, 3.8) is 0 Å². The number of benzene rings is 1. The first-order chi connectivity index (χ1) is 8.49. The zero-order valence-corrected chi connectivity index (χ0v) is 12.6. The highest BCUT2D eigenvalue weighted by atomic mass is 35.5. The van der Waals surface area contributed by atoms with Gasteiger partial charge in [0.1, 0.15) is 0 Å². The van der Waals surface area contributed by atoms with Gasteiger partial charge >= 0.3 is 0 Å². The average Bonchev–Trinajstić information content (AvgIpc) is 2.32. The zero-order valence-electron chi connectivity index (χ0n) is 11.0. The van der Waals surface area contributed by atoms with E-state index in [1.54, 1.807) is 6.07 Å². The van der Waals surface area contributed by atoms with Crippen LogP contribution in [0.4, 0.5) is 0 Å². The summed E-state index contributed by atoms with van der Waals surface area (Å²) in [5.41, 5.74) is 1.51. The average molecular weight is 288 g/mol. The van der Waals surface area contributed by atoms with Gasteiger partial charge in [-0.25, -0.2) is 0 Å². The van der Waals surface area contributed by atoms with Gasteiger partial charge in [-0.15, -0.1) is 11.6 Å². The fourth-order valence-electron chi connectivity index (χ4n) is 1.82. The number of amides is 1. The number of hydrogen-bond acceptors (Lipinski definition) is 1. The van der Waals surface area contributed by atoms with Gasteiger partial charge in [0.05, 0.1) is 0 Å². The normalized spacial score (nSPS) is 10.8. The number of rotatable bonds is 5. The van der Waals surface area contributed by atoms with Gasteiger partial charge in [0.15, 0.2) is 0 Å². The lowest BCUT2D eigenvalue weighted by atomic mass is 10.1. The highest BCUT2D eigenvalue weighted by Crippen LogP contribution is 2.21. The Bertz CT molecular complexity index is 418. The smallest absolute Gasteiger partial charge is 0.254 e. The molecule has 1 aromatic rings. The summed E-state index contributed by atoms with van der Waals surface area (Å²) in [6.07, 6.45) is 0.797. The third kappa shape index (κ3) is 3.63. The molecule has 0 radical (unpaired) electrons. The van der Waals surface area contributed by atoms with E-state index in [-0.39, 0.29) is 11.9 Å². The molecule has 0 aromatic heterocycles. The Morgan fingerprint density at radius 3 is 2.61 bits per heavy atom. The van der Waals surface area contributed by atoms with E-state index in [0.717, 1.165) is 12.0 Å². The van der Waals surface area contributed by atoms with Crippen LogP contribution in [0.5, 0.6) is 0 Å². The predicted octanol–water partition coefficient (Wildman–Crippen LogP) is 4.13. The molecule has 0 aliphatic heterocycles. The minimum absolute atomic E-state index is 0.0233. The van der Waals surface area contributed by atoms with Crippen LogP contribution in [0, 0.1) is 6.92 Å². The Morgan fingerprint density at radius 1 is 1.39 bits per heavy atom. The van der Waals surface area contributed by atoms with Crippen LogP contribution in [-0.2, 0) is 0 Å². The fourth-order valence-corrected chi connectivity index (χ4v) is 2.11. The third-order valence-corrected chi connectivity index (χ3v) is 3.59. The lowest BCUT2D eigenvalue weighted by Crippen LogP contribution is -2.38. The van der Waals surface area contributed by atoms with Crippen LogP contribution in [0.25, 0.3) is 0 Å². The molecule has 0 aliphatic carbocycles. The van der Waals surface area contributed by atoms with Crippen molar-refractivity contribution in [2.45, 2.75) is 33.2 Å². The molecule has 100 valence electrons. The van der Waals surface area contributed by atoms with Gasteiger partial charge in [0.25, 0.3) is 5.91 Å². The molecule has 0 saturated heterocycles. The van der Waals surface area contributed by atoms with Crippen molar-refractivity contribution >= 4 is 29.1 Å². The molecule has 0 unspecified atom stereocenters. The molecule has 0 aliphatic rings. The summed E-state index contributed by atoms with van der Waals surface area (Å²) in [5.74, 6) is 0.584. The molecule has 0 atom stereocenters. The van der Waals surface area contributed by atoms with Crippen LogP contribution in [0.1, 0.15) is 36.2 Å². The number of hydrogen-bond donors (Lipinski definition) is 0. The first-order valence-corrected chi connectivity index (χ1v) is 7.02. The van der Waals surface area contributed by atoms with E-state index >= 15 is 0 Å². The quantitative estimate of drug-likeness (QED) is 0.746. The van der Waals surface area contributed by atoms with Crippen molar-refractivity contribution in [1.29, 1.82) is 0 Å². The van der Waals surface area contributed by atoms with Crippen molar-refractivity contribution < 1.29 is 4.79 Å². The fraction of sp³-hybridized carbons (Fsp3) is 0.500. The standard InChI is InChI=1S/C14H19Cl2NO/c1-10(2)17(9-5-8-15)14(18)12-6-4-7-13(16)11(12)3/h4,6-7,10H,5,8-9H2,1-3H3. The van der Waals surface area contributed by atoms with E-state index in [1.165, 1.54) is 0 Å². The van der Waals surface area contributed by atoms with Crippen LogP contribution in [0.3, 0.4) is 0 Å². The molecule has 0 spiro atoms. The van der Waals surface area contributed by atoms with Gasteiger partial charge < -0.3 is 4.90 Å². The second kappa shape index (κ2) is 7.01. The van der Waals surface area contributed by atoms with Crippen molar-refractivity contribution in [3.05, 3.63) is 34.3 Å². The molecule has 0 bridgehead atoms. The lowest BCUT2D eigenvalue weighted by molar-refractivity contribution is 0.0705. The van der Waals surface area contributed by atoms with Crippen molar-refractivity contribution in [3.8, 4) is 0 Å². The Hall–Kier alpha value is -0.730. The third-order valence-electron chi connectivity index (χ3n) is 2.91. The van der Waals surface area contributed by atoms with E-state index in [1.807, 2.05) is 37.8 Å². The highest BCUT2D eigenvalue weighted by Gasteiger charge is 2.20. The van der Waals surface area contributed by atoms with Crippen molar-refractivity contribution in [2.75, 3.05) is 12.4 Å². The van der Waals surface area contributed by atoms with Crippen LogP contribution in [0.2, 0.25) is 5.02 Å². The first-order valence-electron chi connectivity index (χ1n) is 6.11. The van der Waals surface area contributed by atoms with Gasteiger partial charge in [-0.3, -0.25) is 4.79 Å². The molecule has 0 N–H and O–H groups in total. The Morgan fingerprint density at radius 2 is 2.06 bits per heavy atom. The molecule has 0 fully saturated rings. The van der Waals surface area contributed by atoms with Crippen LogP contribution in [-0.4, -0.2) is 29.3 Å². The summed E-state index contributed by atoms with van der Waals surface area (Å²) in [4.78, 5) is 14.3. The van der Waals surface area contributed by atoms with Crippen LogP contribution < -0.4 is 0 Å². The van der Waals surface area contributed by atoms with Crippen molar-refractivity contribution in [1.82, 2.24) is 4.90 Å². The van der Waals surface area contributed by atoms with Gasteiger partial charge in [-0.2, -0.15) is 0 Å². The van der Waals surface area contributed by atoms with Gasteiger partial charge in [0.2, 0.25) is 0 Å². The number of alkyl halides is 1. The highest BCUT2D eigenvalue weighted by molar-refractivity contribution is 6.31. The van der Waals surface area contributed by atoms with E-state index < -0.39 is 0 Å². The Balaban J connectivity index is 2.98. The predicted molar refractivity (Wildman–Crippen MR) is 77.7 cm³/mol. The summed E-state index contributed by atoms with van der Waals surface area (Å²) in [5, 5.41) is 0.627. The minimum atomic E-state index is 0.0233. The number of carbonyl (C=O) groups excluding carboxylic acids is 1. The molecule has 2 nitrogen and oxygen atoms in total. The minimum Gasteiger partial charge on any atom is -0.336 e. The van der Waals surface area contributed by atoms with E-state index in [9.17, 15) is 4.79 Å².